The van der Waals surface area contributed by atoms with E-state index in [0.29, 0.717) is 12.8 Å². The van der Waals surface area contributed by atoms with Crippen molar-refractivity contribution < 1.29 is 87.6 Å². The van der Waals surface area contributed by atoms with E-state index in [1.807, 2.05) is 0 Å². The summed E-state index contributed by atoms with van der Waals surface area (Å²) in [6, 6.07) is -7.91. The molecule has 2 rings (SSSR count). The minimum absolute atomic E-state index is 0.00772. The highest BCUT2D eigenvalue weighted by Crippen LogP contribution is 2.23. The number of likely N-dealkylation sites (tertiary alicyclic amines) is 1. The number of nitrogens with one attached hydrogen (secondary N) is 7. The molecule has 11 N–H and O–H groups in total. The fraction of sp³-hybridized carbons (Fsp3) is 0.600. The maximum absolute atomic E-state index is 14.2. The van der Waals surface area contributed by atoms with Crippen LogP contribution in [-0.4, -0.2) is 162 Å². The van der Waals surface area contributed by atoms with Crippen molar-refractivity contribution in [1.82, 2.24) is 42.1 Å². The van der Waals surface area contributed by atoms with Gasteiger partial charge in [-0.1, -0.05) is 41.0 Å². The third-order valence-electron chi connectivity index (χ3n) is 11.2. The molecule has 1 aliphatic rings. The Labute approximate surface area is 418 Å². The number of non-ortho nitro benzene ring substituents is 1. The second kappa shape index (κ2) is 28.9. The number of ether oxygens (including phenoxy) is 1. The average molecular weight is 1040 g/mol. The molecule has 1 heterocycles. The van der Waals surface area contributed by atoms with Gasteiger partial charge in [0.05, 0.1) is 23.9 Å². The van der Waals surface area contributed by atoms with Crippen molar-refractivity contribution in [2.45, 2.75) is 154 Å². The Balaban J connectivity index is 2.30. The van der Waals surface area contributed by atoms with Gasteiger partial charge in [0.1, 0.15) is 54.1 Å². The number of aliphatic carboxylic acids is 3. The van der Waals surface area contributed by atoms with Crippen LogP contribution >= 0.6 is 0 Å². The van der Waals surface area contributed by atoms with Gasteiger partial charge in [0.25, 0.3) is 5.69 Å². The van der Waals surface area contributed by atoms with Gasteiger partial charge in [-0.25, -0.2) is 4.79 Å². The highest BCUT2D eigenvalue weighted by Gasteiger charge is 2.42. The van der Waals surface area contributed by atoms with Crippen LogP contribution in [0.5, 0.6) is 5.75 Å². The smallest absolute Gasteiger partial charge is 0.334 e. The predicted octanol–water partition coefficient (Wildman–Crippen LogP) is -1.79. The fourth-order valence-corrected chi connectivity index (χ4v) is 7.40. The molecule has 1 aliphatic heterocycles. The molecule has 28 nitrogen and oxygen atoms in total. The number of carbonyl (C=O) groups is 12. The standard InChI is InChI=1S/C45H65N9O19/c1-8-10-28(45(70)73-26-14-12-25(13-15-26)54(71)72)48-41(66)31-11-9-18-53(31)44(69)36(22(4)5)51-42(67)35(21(2)3)50-40(65)30(20-34(61)62)49-38(63)27(16-17-32(57)58)47-43(68)37(23(6)55)52-39(64)29(19-33(59)60)46-24(7)56/h12-15,21-23,27-31,35-37,55H,8-11,16-20H2,1-7H3,(H,46,56)(H,47,68)(H,48,66)(H,49,63)(H,50,65)(H,51,67)(H,52,64)(H,57,58)(H,59,60)(H,61,62)/t23-,27+,28+,29+,30+,31+,35+,36+,37+/m1/s1. The molecule has 404 valence electrons. The van der Waals surface area contributed by atoms with Gasteiger partial charge in [0.15, 0.2) is 0 Å². The summed E-state index contributed by atoms with van der Waals surface area (Å²) in [5, 5.41) is 65.7. The molecule has 0 bridgehead atoms. The number of carboxylic acids is 3. The number of hydrogen-bond donors (Lipinski definition) is 11. The Hall–Kier alpha value is -7.78. The van der Waals surface area contributed by atoms with Gasteiger partial charge in [-0.05, 0) is 56.6 Å². The van der Waals surface area contributed by atoms with Crippen LogP contribution in [0.15, 0.2) is 24.3 Å². The zero-order chi connectivity index (χ0) is 55.4. The van der Waals surface area contributed by atoms with Gasteiger partial charge in [-0.3, -0.25) is 62.9 Å². The lowest BCUT2D eigenvalue weighted by atomic mass is 9.98. The van der Waals surface area contributed by atoms with Crippen molar-refractivity contribution in [3.8, 4) is 5.75 Å². The molecule has 0 aromatic heterocycles. The van der Waals surface area contributed by atoms with Crippen molar-refractivity contribution >= 4 is 76.8 Å². The van der Waals surface area contributed by atoms with E-state index in [4.69, 9.17) is 4.74 Å². The Morgan fingerprint density at radius 3 is 1.63 bits per heavy atom. The summed E-state index contributed by atoms with van der Waals surface area (Å²) in [6.45, 7) is 10.0. The maximum atomic E-state index is 14.2. The van der Waals surface area contributed by atoms with Gasteiger partial charge in [-0.2, -0.15) is 0 Å². The molecule has 0 spiro atoms. The molecule has 9 atom stereocenters. The van der Waals surface area contributed by atoms with Gasteiger partial charge >= 0.3 is 23.9 Å². The first-order chi connectivity index (χ1) is 34.1. The van der Waals surface area contributed by atoms with Crippen LogP contribution in [0.2, 0.25) is 0 Å². The van der Waals surface area contributed by atoms with Crippen LogP contribution in [-0.2, 0) is 57.5 Å². The summed E-state index contributed by atoms with van der Waals surface area (Å²) in [5.41, 5.74) is -0.236. The number of rotatable bonds is 29. The van der Waals surface area contributed by atoms with Gasteiger partial charge < -0.3 is 67.3 Å². The molecule has 0 saturated carbocycles. The molecule has 1 fully saturated rings. The number of aliphatic hydroxyl groups excluding tert-OH is 1. The van der Waals surface area contributed by atoms with E-state index in [9.17, 15) is 88.1 Å². The minimum Gasteiger partial charge on any atom is -0.481 e. The van der Waals surface area contributed by atoms with Crippen LogP contribution in [0.3, 0.4) is 0 Å². The Kier molecular flexibility index (Phi) is 24.3. The van der Waals surface area contributed by atoms with Crippen LogP contribution in [0.4, 0.5) is 5.69 Å². The third kappa shape index (κ3) is 19.7. The zero-order valence-electron chi connectivity index (χ0n) is 41.3. The number of aliphatic hydroxyl groups is 1. The highest BCUT2D eigenvalue weighted by atomic mass is 16.6. The second-order valence-electron chi connectivity index (χ2n) is 17.9. The average Bonchev–Trinajstić information content (AvgIpc) is 3.79. The van der Waals surface area contributed by atoms with Gasteiger partial charge in [-0.15, -0.1) is 0 Å². The van der Waals surface area contributed by atoms with E-state index in [1.54, 1.807) is 20.8 Å². The molecule has 0 aliphatic carbocycles. The number of nitro groups is 1. The summed E-state index contributed by atoms with van der Waals surface area (Å²) in [6.07, 6.45) is -4.19. The van der Waals surface area contributed by atoms with E-state index in [0.717, 1.165) is 26.0 Å². The second-order valence-corrected chi connectivity index (χ2v) is 17.9. The number of nitro benzene ring substituents is 1. The summed E-state index contributed by atoms with van der Waals surface area (Å²) in [4.78, 5) is 167. The summed E-state index contributed by atoms with van der Waals surface area (Å²) >= 11 is 0. The van der Waals surface area contributed by atoms with Crippen LogP contribution in [0.1, 0.15) is 99.8 Å². The van der Waals surface area contributed by atoms with Crippen molar-refractivity contribution in [2.24, 2.45) is 11.8 Å². The molecular formula is C45H65N9O19. The Morgan fingerprint density at radius 1 is 0.658 bits per heavy atom. The lowest BCUT2D eigenvalue weighted by molar-refractivity contribution is -0.384. The Bertz CT molecular complexity index is 2200. The minimum atomic E-state index is -2.00. The molecule has 1 saturated heterocycles. The summed E-state index contributed by atoms with van der Waals surface area (Å²) in [7, 11) is 0. The zero-order valence-corrected chi connectivity index (χ0v) is 41.3. The molecular weight excluding hydrogens is 971 g/mol. The molecule has 8 amide bonds. The van der Waals surface area contributed by atoms with Crippen LogP contribution in [0, 0.1) is 22.0 Å². The number of hydrogen-bond acceptors (Lipinski definition) is 16. The van der Waals surface area contributed by atoms with Crippen molar-refractivity contribution in [3.63, 3.8) is 0 Å². The number of nitrogens with zero attached hydrogens (tertiary/aromatic N) is 2. The van der Waals surface area contributed by atoms with E-state index in [1.165, 1.54) is 30.9 Å². The fourth-order valence-electron chi connectivity index (χ4n) is 7.40. The third-order valence-corrected chi connectivity index (χ3v) is 11.2. The first-order valence-electron chi connectivity index (χ1n) is 23.3. The topological polar surface area (TPSA) is 426 Å². The number of esters is 1. The van der Waals surface area contributed by atoms with E-state index < -0.39 is 168 Å². The molecule has 0 radical (unpaired) electrons. The molecule has 28 heteroatoms. The van der Waals surface area contributed by atoms with Crippen molar-refractivity contribution in [2.75, 3.05) is 6.54 Å². The first kappa shape index (κ1) is 61.3. The summed E-state index contributed by atoms with van der Waals surface area (Å²) in [5.74, 6) is -15.1. The molecule has 73 heavy (non-hydrogen) atoms. The molecule has 1 aromatic rings. The van der Waals surface area contributed by atoms with Crippen molar-refractivity contribution in [1.29, 1.82) is 0 Å². The van der Waals surface area contributed by atoms with Gasteiger partial charge in [0, 0.05) is 32.0 Å². The predicted molar refractivity (Wildman–Crippen MR) is 250 cm³/mol. The highest BCUT2D eigenvalue weighted by molar-refractivity contribution is 5.99. The first-order valence-corrected chi connectivity index (χ1v) is 23.3. The summed E-state index contributed by atoms with van der Waals surface area (Å²) < 4.78 is 5.37. The number of benzene rings is 1. The number of amides is 8. The van der Waals surface area contributed by atoms with E-state index in [2.05, 4.69) is 37.2 Å². The lowest BCUT2D eigenvalue weighted by Gasteiger charge is -2.33. The normalized spacial score (nSPS) is 16.4. The monoisotopic (exact) mass is 1040 g/mol. The largest absolute Gasteiger partial charge is 0.481 e. The van der Waals surface area contributed by atoms with E-state index >= 15 is 0 Å². The number of carbonyl (C=O) groups excluding carboxylic acids is 9. The SMILES string of the molecule is CCC[C@H](NC(=O)[C@@H]1CCCN1C(=O)[C@@H](NC(=O)[C@@H](NC(=O)[C@H](CC(=O)O)NC(=O)[C@H](CCC(=O)O)NC(=O)[C@@H](NC(=O)[C@H](CC(=O)O)NC(C)=O)[C@@H](C)O)C(C)C)C(C)C)C(=O)Oc1ccc([N+](=O)[O-])cc1. The number of carboxylic acid groups (broad SMARTS) is 3. The quantitative estimate of drug-likeness (QED) is 0.0183. The molecule has 0 unspecified atom stereocenters. The van der Waals surface area contributed by atoms with Crippen LogP contribution < -0.4 is 42.0 Å². The van der Waals surface area contributed by atoms with E-state index in [-0.39, 0.29) is 30.8 Å². The maximum Gasteiger partial charge on any atom is 0.334 e. The lowest BCUT2D eigenvalue weighted by Crippen LogP contribution is -2.62. The van der Waals surface area contributed by atoms with Gasteiger partial charge in [0.2, 0.25) is 47.3 Å². The molecule has 1 aromatic carbocycles. The van der Waals surface area contributed by atoms with Crippen molar-refractivity contribution in [3.05, 3.63) is 34.4 Å². The van der Waals surface area contributed by atoms with Crippen LogP contribution in [0.25, 0.3) is 0 Å². The Morgan fingerprint density at radius 2 is 1.15 bits per heavy atom.